The molecule has 0 saturated carbocycles. The molecule has 162 valence electrons. The minimum absolute atomic E-state index is 0.0989. The molecule has 0 bridgehead atoms. The lowest BCUT2D eigenvalue weighted by molar-refractivity contribution is -0.384. The van der Waals surface area contributed by atoms with Gasteiger partial charge in [0.1, 0.15) is 0 Å². The van der Waals surface area contributed by atoms with Crippen LogP contribution in [0.25, 0.3) is 0 Å². The molecule has 1 amide bonds. The molecule has 0 aromatic heterocycles. The number of carbonyl (C=O) groups excluding carboxylic acids is 1. The predicted octanol–water partition coefficient (Wildman–Crippen LogP) is 4.06. The van der Waals surface area contributed by atoms with E-state index in [-0.39, 0.29) is 16.5 Å². The van der Waals surface area contributed by atoms with Crippen molar-refractivity contribution in [1.82, 2.24) is 10.2 Å². The lowest BCUT2D eigenvalue weighted by Gasteiger charge is -2.34. The number of benzene rings is 2. The first kappa shape index (κ1) is 20.0. The molecular formula is C24H28N4O3. The highest BCUT2D eigenvalue weighted by atomic mass is 16.6. The predicted molar refractivity (Wildman–Crippen MR) is 120 cm³/mol. The number of fused-ring (bicyclic) bond motifs is 3. The number of hydrogen-bond acceptors (Lipinski definition) is 5. The van der Waals surface area contributed by atoms with Crippen molar-refractivity contribution < 1.29 is 9.72 Å². The lowest BCUT2D eigenvalue weighted by atomic mass is 9.89. The van der Waals surface area contributed by atoms with Crippen LogP contribution in [0.3, 0.4) is 0 Å². The molecule has 7 nitrogen and oxygen atoms in total. The van der Waals surface area contributed by atoms with Crippen molar-refractivity contribution in [2.45, 2.75) is 38.1 Å². The van der Waals surface area contributed by atoms with Gasteiger partial charge in [0, 0.05) is 60.7 Å². The molecular weight excluding hydrogens is 392 g/mol. The first-order valence-electron chi connectivity index (χ1n) is 11.2. The number of rotatable bonds is 3. The second-order valence-corrected chi connectivity index (χ2v) is 9.06. The fourth-order valence-electron chi connectivity index (χ4n) is 5.31. The minimum Gasteiger partial charge on any atom is -0.339 e. The van der Waals surface area contributed by atoms with E-state index in [2.05, 4.69) is 29.3 Å². The summed E-state index contributed by atoms with van der Waals surface area (Å²) in [6.45, 7) is 5.73. The number of amides is 1. The third-order valence-electron chi connectivity index (χ3n) is 7.12. The van der Waals surface area contributed by atoms with Crippen LogP contribution in [-0.2, 0) is 0 Å². The molecule has 0 aliphatic carbocycles. The Labute approximate surface area is 182 Å². The van der Waals surface area contributed by atoms with E-state index in [1.807, 2.05) is 23.1 Å². The van der Waals surface area contributed by atoms with Gasteiger partial charge in [0.25, 0.3) is 11.6 Å². The average molecular weight is 421 g/mol. The Balaban J connectivity index is 1.48. The number of nitro groups is 1. The third kappa shape index (κ3) is 3.57. The summed E-state index contributed by atoms with van der Waals surface area (Å²) in [6.07, 6.45) is 3.13. The Morgan fingerprint density at radius 3 is 2.55 bits per heavy atom. The summed E-state index contributed by atoms with van der Waals surface area (Å²) in [6, 6.07) is 13.2. The first-order chi connectivity index (χ1) is 15.0. The molecule has 1 N–H and O–H groups in total. The average Bonchev–Trinajstić information content (AvgIpc) is 3.13. The van der Waals surface area contributed by atoms with Gasteiger partial charge in [-0.15, -0.1) is 0 Å². The van der Waals surface area contributed by atoms with Gasteiger partial charge in [-0.1, -0.05) is 6.92 Å². The molecule has 0 spiro atoms. The van der Waals surface area contributed by atoms with Gasteiger partial charge >= 0.3 is 0 Å². The summed E-state index contributed by atoms with van der Waals surface area (Å²) in [5.74, 6) is 1.12. The van der Waals surface area contributed by atoms with Crippen LogP contribution in [0.2, 0.25) is 0 Å². The molecule has 7 heteroatoms. The number of carbonyl (C=O) groups is 1. The number of hydrogen-bond donors (Lipinski definition) is 1. The van der Waals surface area contributed by atoms with Crippen LogP contribution in [0.5, 0.6) is 0 Å². The van der Waals surface area contributed by atoms with Gasteiger partial charge in [-0.25, -0.2) is 0 Å². The number of nitrogens with zero attached hydrogens (tertiary/aromatic N) is 3. The third-order valence-corrected chi connectivity index (χ3v) is 7.12. The monoisotopic (exact) mass is 420 g/mol. The molecule has 0 radical (unpaired) electrons. The maximum atomic E-state index is 13.2. The Morgan fingerprint density at radius 2 is 1.84 bits per heavy atom. The molecule has 31 heavy (non-hydrogen) atoms. The summed E-state index contributed by atoms with van der Waals surface area (Å²) in [5.41, 5.74) is 4.14. The molecule has 2 aromatic rings. The second-order valence-electron chi connectivity index (χ2n) is 9.06. The lowest BCUT2D eigenvalue weighted by Crippen LogP contribution is -2.42. The van der Waals surface area contributed by atoms with E-state index in [0.717, 1.165) is 62.4 Å². The Hall–Kier alpha value is -2.93. The van der Waals surface area contributed by atoms with Crippen molar-refractivity contribution in [2.75, 3.05) is 31.1 Å². The zero-order valence-corrected chi connectivity index (χ0v) is 17.8. The number of likely N-dealkylation sites (tertiary alicyclic amines) is 1. The standard InChI is InChI=1S/C24H28N4O3/c1-16-9-12-26(13-10-16)24(29)17-2-7-22-20(14-17)21-15-25-11-8-23(21)27(22)18-3-5-19(6-4-18)28(30)31/h2-7,14,16,21,23,25H,8-13,15H2,1H3. The van der Waals surface area contributed by atoms with Crippen LogP contribution in [0.1, 0.15) is 48.0 Å². The first-order valence-corrected chi connectivity index (χ1v) is 11.2. The van der Waals surface area contributed by atoms with Gasteiger partial charge in [0.2, 0.25) is 0 Å². The molecule has 2 aromatic carbocycles. The molecule has 2 saturated heterocycles. The summed E-state index contributed by atoms with van der Waals surface area (Å²) in [4.78, 5) is 28.1. The molecule has 3 aliphatic heterocycles. The van der Waals surface area contributed by atoms with Crippen molar-refractivity contribution in [3.63, 3.8) is 0 Å². The smallest absolute Gasteiger partial charge is 0.269 e. The molecule has 2 unspecified atom stereocenters. The Kier molecular flexibility index (Phi) is 5.14. The van der Waals surface area contributed by atoms with E-state index < -0.39 is 0 Å². The van der Waals surface area contributed by atoms with Crippen LogP contribution >= 0.6 is 0 Å². The second kappa shape index (κ2) is 7.96. The van der Waals surface area contributed by atoms with Gasteiger partial charge in [0.05, 0.1) is 4.92 Å². The van der Waals surface area contributed by atoms with Crippen LogP contribution < -0.4 is 10.2 Å². The molecule has 2 fully saturated rings. The van der Waals surface area contributed by atoms with Gasteiger partial charge < -0.3 is 15.1 Å². The number of nitrogens with one attached hydrogen (secondary N) is 1. The number of non-ortho nitro benzene ring substituents is 1. The van der Waals surface area contributed by atoms with E-state index in [0.29, 0.717) is 17.9 Å². The van der Waals surface area contributed by atoms with E-state index in [1.165, 1.54) is 5.56 Å². The van der Waals surface area contributed by atoms with Crippen molar-refractivity contribution in [3.05, 3.63) is 63.7 Å². The van der Waals surface area contributed by atoms with Crippen molar-refractivity contribution >= 4 is 23.0 Å². The molecule has 3 aliphatic rings. The van der Waals surface area contributed by atoms with E-state index >= 15 is 0 Å². The Morgan fingerprint density at radius 1 is 1.10 bits per heavy atom. The van der Waals surface area contributed by atoms with Gasteiger partial charge in [-0.05, 0) is 67.6 Å². The highest BCUT2D eigenvalue weighted by Gasteiger charge is 2.41. The van der Waals surface area contributed by atoms with Crippen LogP contribution in [-0.4, -0.2) is 48.0 Å². The minimum atomic E-state index is -0.367. The zero-order chi connectivity index (χ0) is 21.5. The van der Waals surface area contributed by atoms with Crippen LogP contribution in [0.15, 0.2) is 42.5 Å². The summed E-state index contributed by atoms with van der Waals surface area (Å²) in [7, 11) is 0. The van der Waals surface area contributed by atoms with Crippen molar-refractivity contribution in [3.8, 4) is 0 Å². The maximum absolute atomic E-state index is 13.2. The summed E-state index contributed by atoms with van der Waals surface area (Å²) >= 11 is 0. The molecule has 3 heterocycles. The van der Waals surface area contributed by atoms with Crippen LogP contribution in [0, 0.1) is 16.0 Å². The van der Waals surface area contributed by atoms with E-state index in [4.69, 9.17) is 0 Å². The zero-order valence-electron chi connectivity index (χ0n) is 17.8. The number of nitro benzene ring substituents is 1. The quantitative estimate of drug-likeness (QED) is 0.598. The normalized spacial score (nSPS) is 23.4. The Bertz CT molecular complexity index is 998. The SMILES string of the molecule is CC1CCN(C(=O)c2ccc3c(c2)C2CNCCC2N3c2ccc([N+](=O)[O-])cc2)CC1. The largest absolute Gasteiger partial charge is 0.339 e. The highest BCUT2D eigenvalue weighted by molar-refractivity contribution is 5.95. The van der Waals surface area contributed by atoms with Crippen molar-refractivity contribution in [2.24, 2.45) is 5.92 Å². The topological polar surface area (TPSA) is 78.7 Å². The van der Waals surface area contributed by atoms with Crippen molar-refractivity contribution in [1.29, 1.82) is 0 Å². The maximum Gasteiger partial charge on any atom is 0.269 e. The molecule has 5 rings (SSSR count). The fraction of sp³-hybridized carbons (Fsp3) is 0.458. The highest BCUT2D eigenvalue weighted by Crippen LogP contribution is 2.47. The van der Waals surface area contributed by atoms with Gasteiger partial charge in [0.15, 0.2) is 0 Å². The molecule has 2 atom stereocenters. The summed E-state index contributed by atoms with van der Waals surface area (Å²) < 4.78 is 0. The van der Waals surface area contributed by atoms with E-state index in [1.54, 1.807) is 12.1 Å². The van der Waals surface area contributed by atoms with Crippen LogP contribution in [0.4, 0.5) is 17.1 Å². The number of anilines is 2. The fourth-order valence-corrected chi connectivity index (χ4v) is 5.31. The summed E-state index contributed by atoms with van der Waals surface area (Å²) in [5, 5.41) is 14.6. The van der Waals surface area contributed by atoms with Gasteiger partial charge in [-0.2, -0.15) is 0 Å². The van der Waals surface area contributed by atoms with Gasteiger partial charge in [-0.3, -0.25) is 14.9 Å². The van der Waals surface area contributed by atoms with E-state index in [9.17, 15) is 14.9 Å². The number of piperidine rings is 2.